The van der Waals surface area contributed by atoms with Gasteiger partial charge in [0.25, 0.3) is 0 Å². The molecule has 2 N–H and O–H groups in total. The van der Waals surface area contributed by atoms with Crippen LogP contribution in [-0.4, -0.2) is 46.4 Å². The van der Waals surface area contributed by atoms with Crippen molar-refractivity contribution in [3.8, 4) is 0 Å². The maximum absolute atomic E-state index is 11.0. The molecule has 98 valence electrons. The summed E-state index contributed by atoms with van der Waals surface area (Å²) in [5, 5.41) is 19.5. The number of carboxylic acids is 1. The number of amides is 1. The Bertz CT molecular complexity index is 271. The number of carbonyl (C=O) groups is 2. The average molecular weight is 245 g/mol. The van der Waals surface area contributed by atoms with Gasteiger partial charge in [0.2, 0.25) is 6.41 Å². The predicted octanol–water partition coefficient (Wildman–Crippen LogP) is 0.401. The highest BCUT2D eigenvalue weighted by molar-refractivity contribution is 5.72. The number of rotatable bonds is 7. The van der Waals surface area contributed by atoms with E-state index in [9.17, 15) is 14.7 Å². The fourth-order valence-electron chi connectivity index (χ4n) is 2.05. The average Bonchev–Trinajstić information content (AvgIpc) is 2.67. The fraction of sp³-hybridized carbons (Fsp3) is 0.818. The molecule has 1 rings (SSSR count). The molecule has 0 radical (unpaired) electrons. The smallest absolute Gasteiger partial charge is 0.308 e. The summed E-state index contributed by atoms with van der Waals surface area (Å²) in [5.41, 5.74) is 0. The largest absolute Gasteiger partial charge is 0.481 e. The van der Waals surface area contributed by atoms with Gasteiger partial charge in [0.1, 0.15) is 0 Å². The van der Waals surface area contributed by atoms with Crippen molar-refractivity contribution in [3.63, 3.8) is 0 Å². The monoisotopic (exact) mass is 245 g/mol. The van der Waals surface area contributed by atoms with Gasteiger partial charge in [-0.25, -0.2) is 5.06 Å². The zero-order chi connectivity index (χ0) is 12.8. The number of aliphatic hydroxyl groups excluding tert-OH is 1. The van der Waals surface area contributed by atoms with Crippen LogP contribution in [0, 0.1) is 5.92 Å². The lowest BCUT2D eigenvalue weighted by molar-refractivity contribution is -0.194. The zero-order valence-electron chi connectivity index (χ0n) is 9.91. The Morgan fingerprint density at radius 2 is 2.24 bits per heavy atom. The summed E-state index contributed by atoms with van der Waals surface area (Å²) in [5.74, 6) is -1.76. The number of hydroxylamine groups is 2. The highest BCUT2D eigenvalue weighted by Crippen LogP contribution is 2.30. The maximum Gasteiger partial charge on any atom is 0.308 e. The second-order valence-corrected chi connectivity index (χ2v) is 4.29. The lowest BCUT2D eigenvalue weighted by Crippen LogP contribution is -2.40. The molecular weight excluding hydrogens is 226 g/mol. The fourth-order valence-corrected chi connectivity index (χ4v) is 2.05. The van der Waals surface area contributed by atoms with Gasteiger partial charge in [0, 0.05) is 0 Å². The van der Waals surface area contributed by atoms with E-state index >= 15 is 0 Å². The van der Waals surface area contributed by atoms with E-state index in [2.05, 4.69) is 0 Å². The number of hydrogen-bond acceptors (Lipinski definition) is 4. The van der Waals surface area contributed by atoms with Crippen molar-refractivity contribution in [1.82, 2.24) is 5.06 Å². The van der Waals surface area contributed by atoms with Gasteiger partial charge in [-0.15, -0.1) is 0 Å². The van der Waals surface area contributed by atoms with Crippen LogP contribution in [0.25, 0.3) is 0 Å². The second-order valence-electron chi connectivity index (χ2n) is 4.29. The van der Waals surface area contributed by atoms with Gasteiger partial charge in [-0.1, -0.05) is 13.3 Å². The van der Waals surface area contributed by atoms with Gasteiger partial charge in [-0.3, -0.25) is 14.4 Å². The molecule has 0 aliphatic heterocycles. The lowest BCUT2D eigenvalue weighted by Gasteiger charge is -2.26. The Hall–Kier alpha value is -1.14. The van der Waals surface area contributed by atoms with Crippen LogP contribution in [0.1, 0.15) is 32.6 Å². The van der Waals surface area contributed by atoms with Crippen molar-refractivity contribution in [2.75, 3.05) is 6.61 Å². The summed E-state index contributed by atoms with van der Waals surface area (Å²) >= 11 is 0. The first kappa shape index (κ1) is 13.9. The molecule has 0 spiro atoms. The van der Waals surface area contributed by atoms with E-state index in [1.165, 1.54) is 0 Å². The molecule has 3 unspecified atom stereocenters. The van der Waals surface area contributed by atoms with Gasteiger partial charge in [0.05, 0.1) is 24.7 Å². The van der Waals surface area contributed by atoms with Crippen molar-refractivity contribution in [2.45, 2.75) is 44.8 Å². The predicted molar refractivity (Wildman–Crippen MR) is 58.9 cm³/mol. The van der Waals surface area contributed by atoms with E-state index in [0.717, 1.165) is 17.9 Å². The first-order chi connectivity index (χ1) is 8.10. The molecule has 0 aromatic rings. The molecule has 17 heavy (non-hydrogen) atoms. The molecule has 0 saturated heterocycles. The van der Waals surface area contributed by atoms with Gasteiger partial charge >= 0.3 is 5.97 Å². The number of hydrogen-bond donors (Lipinski definition) is 2. The molecular formula is C11H19NO5. The highest BCUT2D eigenvalue weighted by Gasteiger charge is 2.42. The van der Waals surface area contributed by atoms with Crippen molar-refractivity contribution in [2.24, 2.45) is 5.92 Å². The normalized spacial score (nSPS) is 28.0. The van der Waals surface area contributed by atoms with Crippen molar-refractivity contribution in [1.29, 1.82) is 0 Å². The van der Waals surface area contributed by atoms with Crippen LogP contribution in [0.2, 0.25) is 0 Å². The molecule has 1 fully saturated rings. The molecule has 0 heterocycles. The number of aliphatic carboxylic acids is 1. The SMILES string of the molecule is CCCCON(C=O)C1CC(O)CC1C(=O)O. The summed E-state index contributed by atoms with van der Waals surface area (Å²) in [6.07, 6.45) is 1.97. The molecule has 0 aromatic heterocycles. The van der Waals surface area contributed by atoms with Crippen LogP contribution in [0.4, 0.5) is 0 Å². The lowest BCUT2D eigenvalue weighted by atomic mass is 10.0. The molecule has 1 aliphatic rings. The molecule has 6 nitrogen and oxygen atoms in total. The molecule has 6 heteroatoms. The number of nitrogens with zero attached hydrogens (tertiary/aromatic N) is 1. The van der Waals surface area contributed by atoms with Gasteiger partial charge in [-0.05, 0) is 19.3 Å². The number of unbranched alkanes of at least 4 members (excludes halogenated alkanes) is 1. The van der Waals surface area contributed by atoms with E-state index in [4.69, 9.17) is 9.94 Å². The van der Waals surface area contributed by atoms with E-state index in [0.29, 0.717) is 13.0 Å². The minimum Gasteiger partial charge on any atom is -0.481 e. The maximum atomic E-state index is 11.0. The third-order valence-corrected chi connectivity index (χ3v) is 2.99. The van der Waals surface area contributed by atoms with E-state index in [1.54, 1.807) is 0 Å². The van der Waals surface area contributed by atoms with Crippen LogP contribution < -0.4 is 0 Å². The van der Waals surface area contributed by atoms with Crippen molar-refractivity contribution >= 4 is 12.4 Å². The molecule has 0 bridgehead atoms. The van der Waals surface area contributed by atoms with Crippen LogP contribution in [0.15, 0.2) is 0 Å². The van der Waals surface area contributed by atoms with Crippen LogP contribution in [0.5, 0.6) is 0 Å². The standard InChI is InChI=1S/C11H19NO5/c1-2-3-4-17-12(7-13)10-6-8(14)5-9(10)11(15)16/h7-10,14H,2-6H2,1H3,(H,15,16). The minimum atomic E-state index is -1.00. The van der Waals surface area contributed by atoms with Gasteiger partial charge in [-0.2, -0.15) is 0 Å². The number of carbonyl (C=O) groups excluding carboxylic acids is 1. The van der Waals surface area contributed by atoms with Crippen LogP contribution in [-0.2, 0) is 14.4 Å². The van der Waals surface area contributed by atoms with Crippen LogP contribution >= 0.6 is 0 Å². The van der Waals surface area contributed by atoms with Crippen LogP contribution in [0.3, 0.4) is 0 Å². The number of aliphatic hydroxyl groups is 1. The van der Waals surface area contributed by atoms with Crippen molar-refractivity contribution < 1.29 is 24.6 Å². The first-order valence-corrected chi connectivity index (χ1v) is 5.87. The summed E-state index contributed by atoms with van der Waals surface area (Å²) in [6, 6.07) is -0.572. The third kappa shape index (κ3) is 3.67. The molecule has 3 atom stereocenters. The summed E-state index contributed by atoms with van der Waals surface area (Å²) in [7, 11) is 0. The van der Waals surface area contributed by atoms with Gasteiger partial charge < -0.3 is 10.2 Å². The van der Waals surface area contributed by atoms with Crippen molar-refractivity contribution in [3.05, 3.63) is 0 Å². The molecule has 1 aliphatic carbocycles. The molecule has 0 aromatic carbocycles. The Morgan fingerprint density at radius 1 is 1.53 bits per heavy atom. The number of carboxylic acid groups (broad SMARTS) is 1. The molecule has 1 amide bonds. The Labute approximate surface area is 100 Å². The quantitative estimate of drug-likeness (QED) is 0.385. The summed E-state index contributed by atoms with van der Waals surface area (Å²) in [4.78, 5) is 27.1. The van der Waals surface area contributed by atoms with E-state index in [1.807, 2.05) is 6.92 Å². The minimum absolute atomic E-state index is 0.168. The summed E-state index contributed by atoms with van der Waals surface area (Å²) < 4.78 is 0. The first-order valence-electron chi connectivity index (χ1n) is 5.87. The van der Waals surface area contributed by atoms with Gasteiger partial charge in [0.15, 0.2) is 0 Å². The highest BCUT2D eigenvalue weighted by atomic mass is 16.7. The Balaban J connectivity index is 2.59. The van der Waals surface area contributed by atoms with E-state index in [-0.39, 0.29) is 12.8 Å². The topological polar surface area (TPSA) is 87.1 Å². The third-order valence-electron chi connectivity index (χ3n) is 2.99. The van der Waals surface area contributed by atoms with E-state index < -0.39 is 24.0 Å². The zero-order valence-corrected chi connectivity index (χ0v) is 9.91. The Kier molecular flexibility index (Phi) is 5.37. The second kappa shape index (κ2) is 6.56. The summed E-state index contributed by atoms with van der Waals surface area (Å²) in [6.45, 7) is 2.38. The Morgan fingerprint density at radius 3 is 2.76 bits per heavy atom. The molecule has 1 saturated carbocycles.